The number of primary sulfonamides is 1. The van der Waals surface area contributed by atoms with E-state index in [2.05, 4.69) is 17.4 Å². The van der Waals surface area contributed by atoms with Crippen molar-refractivity contribution in [3.05, 3.63) is 80.2 Å². The van der Waals surface area contributed by atoms with Gasteiger partial charge in [0.05, 0.1) is 20.6 Å². The lowest BCUT2D eigenvalue weighted by molar-refractivity contribution is 0.0995. The van der Waals surface area contributed by atoms with Crippen molar-refractivity contribution in [1.29, 1.82) is 0 Å². The van der Waals surface area contributed by atoms with E-state index in [9.17, 15) is 13.2 Å². The number of hydrogen-bond acceptors (Lipinski definition) is 4. The molecule has 0 fully saturated rings. The molecule has 0 spiro atoms. The van der Waals surface area contributed by atoms with E-state index in [1.54, 1.807) is 12.1 Å². The summed E-state index contributed by atoms with van der Waals surface area (Å²) in [6, 6.07) is 9.75. The molecule has 0 unspecified atom stereocenters. The van der Waals surface area contributed by atoms with Crippen LogP contribution < -0.4 is 10.5 Å². The third kappa shape index (κ3) is 4.87. The van der Waals surface area contributed by atoms with Gasteiger partial charge < -0.3 is 9.73 Å². The molecule has 3 rings (SSSR count). The molecular formula is C21H20Cl2N2O4S. The molecule has 3 N–H and O–H groups in total. The molecule has 2 aromatic carbocycles. The van der Waals surface area contributed by atoms with Crippen molar-refractivity contribution in [3.8, 4) is 0 Å². The molecule has 6 nitrogen and oxygen atoms in total. The van der Waals surface area contributed by atoms with Gasteiger partial charge in [0, 0.05) is 6.42 Å². The Morgan fingerprint density at radius 3 is 2.13 bits per heavy atom. The molecule has 3 aromatic rings. The summed E-state index contributed by atoms with van der Waals surface area (Å²) in [6.07, 6.45) is 0.551. The van der Waals surface area contributed by atoms with Crippen molar-refractivity contribution in [2.75, 3.05) is 5.32 Å². The number of benzene rings is 2. The number of furan rings is 1. The molecule has 0 atom stereocenters. The number of nitrogens with two attached hydrogens (primary N) is 1. The zero-order valence-corrected chi connectivity index (χ0v) is 18.9. The van der Waals surface area contributed by atoms with E-state index < -0.39 is 15.9 Å². The lowest BCUT2D eigenvalue weighted by Crippen LogP contribution is -2.14. The van der Waals surface area contributed by atoms with E-state index in [0.717, 1.165) is 28.8 Å². The van der Waals surface area contributed by atoms with Gasteiger partial charge in [0.1, 0.15) is 5.76 Å². The van der Waals surface area contributed by atoms with Gasteiger partial charge >= 0.3 is 0 Å². The summed E-state index contributed by atoms with van der Waals surface area (Å²) in [5, 5.41) is 7.52. The SMILES string of the molecule is Cc1cc(C)c(Cc2ccc(C(=O)Nc3c(Cl)cc(S(N)(=O)=O)cc3Cl)o2)c(C)c1. The van der Waals surface area contributed by atoms with E-state index in [-0.39, 0.29) is 26.4 Å². The maximum Gasteiger partial charge on any atom is 0.291 e. The minimum absolute atomic E-state index is 0.0578. The van der Waals surface area contributed by atoms with Crippen molar-refractivity contribution in [2.24, 2.45) is 5.14 Å². The number of carbonyl (C=O) groups is 1. The molecule has 1 heterocycles. The van der Waals surface area contributed by atoms with Gasteiger partial charge in [-0.1, -0.05) is 40.9 Å². The van der Waals surface area contributed by atoms with Crippen molar-refractivity contribution < 1.29 is 17.6 Å². The van der Waals surface area contributed by atoms with Gasteiger partial charge in [0.2, 0.25) is 10.0 Å². The van der Waals surface area contributed by atoms with Crippen LogP contribution >= 0.6 is 23.2 Å². The minimum atomic E-state index is -3.98. The topological polar surface area (TPSA) is 102 Å². The third-order valence-electron chi connectivity index (χ3n) is 4.66. The average Bonchev–Trinajstić information content (AvgIpc) is 3.09. The zero-order chi connectivity index (χ0) is 22.2. The summed E-state index contributed by atoms with van der Waals surface area (Å²) < 4.78 is 28.6. The lowest BCUT2D eigenvalue weighted by atomic mass is 9.97. The molecule has 1 aromatic heterocycles. The largest absolute Gasteiger partial charge is 0.456 e. The number of sulfonamides is 1. The highest BCUT2D eigenvalue weighted by Crippen LogP contribution is 2.33. The smallest absolute Gasteiger partial charge is 0.291 e. The number of hydrogen-bond donors (Lipinski definition) is 2. The van der Waals surface area contributed by atoms with E-state index in [4.69, 9.17) is 32.8 Å². The fourth-order valence-corrected chi connectivity index (χ4v) is 4.54. The Morgan fingerprint density at radius 2 is 1.60 bits per heavy atom. The van der Waals surface area contributed by atoms with Crippen molar-refractivity contribution in [1.82, 2.24) is 0 Å². The van der Waals surface area contributed by atoms with Crippen LogP contribution in [0.15, 0.2) is 45.7 Å². The van der Waals surface area contributed by atoms with Crippen LogP contribution in [0.4, 0.5) is 5.69 Å². The molecular weight excluding hydrogens is 447 g/mol. The van der Waals surface area contributed by atoms with E-state index in [1.165, 1.54) is 5.56 Å². The fourth-order valence-electron chi connectivity index (χ4n) is 3.27. The molecule has 1 amide bonds. The summed E-state index contributed by atoms with van der Waals surface area (Å²) in [4.78, 5) is 12.3. The van der Waals surface area contributed by atoms with Crippen LogP contribution in [0.25, 0.3) is 0 Å². The number of rotatable bonds is 5. The quantitative estimate of drug-likeness (QED) is 0.551. The van der Waals surface area contributed by atoms with Crippen LogP contribution in [-0.4, -0.2) is 14.3 Å². The van der Waals surface area contributed by atoms with E-state index in [1.807, 2.05) is 20.8 Å². The normalized spacial score (nSPS) is 11.5. The van der Waals surface area contributed by atoms with Crippen molar-refractivity contribution in [2.45, 2.75) is 32.1 Å². The van der Waals surface area contributed by atoms with Crippen molar-refractivity contribution in [3.63, 3.8) is 0 Å². The van der Waals surface area contributed by atoms with Crippen LogP contribution in [0.3, 0.4) is 0 Å². The molecule has 0 bridgehead atoms. The van der Waals surface area contributed by atoms with Gasteiger partial charge in [-0.05, 0) is 61.7 Å². The van der Waals surface area contributed by atoms with E-state index in [0.29, 0.717) is 12.2 Å². The lowest BCUT2D eigenvalue weighted by Gasteiger charge is -2.11. The molecule has 0 radical (unpaired) electrons. The number of carbonyl (C=O) groups excluding carboxylic acids is 1. The van der Waals surface area contributed by atoms with Crippen LogP contribution in [0.5, 0.6) is 0 Å². The Hall–Kier alpha value is -2.32. The predicted molar refractivity (Wildman–Crippen MR) is 118 cm³/mol. The average molecular weight is 467 g/mol. The molecule has 0 aliphatic rings. The van der Waals surface area contributed by atoms with Crippen LogP contribution in [0.2, 0.25) is 10.0 Å². The van der Waals surface area contributed by atoms with Crippen molar-refractivity contribution >= 4 is 44.8 Å². The Kier molecular flexibility index (Phi) is 6.29. The molecule has 0 saturated heterocycles. The maximum absolute atomic E-state index is 12.6. The summed E-state index contributed by atoms with van der Waals surface area (Å²) in [5.74, 6) is 0.151. The number of halogens is 2. The standard InChI is InChI=1S/C21H20Cl2N2O4S/c1-11-6-12(2)16(13(3)7-11)8-14-4-5-19(29-14)21(26)25-20-17(22)9-15(10-18(20)23)30(24,27)28/h4-7,9-10H,8H2,1-3H3,(H,25,26)(H2,24,27,28). The van der Waals surface area contributed by atoms with Gasteiger partial charge in [0.25, 0.3) is 5.91 Å². The summed E-state index contributed by atoms with van der Waals surface area (Å²) in [6.45, 7) is 6.13. The maximum atomic E-state index is 12.6. The Labute approximate surface area is 185 Å². The van der Waals surface area contributed by atoms with Gasteiger partial charge in [-0.3, -0.25) is 4.79 Å². The van der Waals surface area contributed by atoms with Crippen LogP contribution in [0.1, 0.15) is 38.6 Å². The monoisotopic (exact) mass is 466 g/mol. The summed E-state index contributed by atoms with van der Waals surface area (Å²) in [5.41, 5.74) is 4.72. The Balaban J connectivity index is 1.81. The summed E-state index contributed by atoms with van der Waals surface area (Å²) >= 11 is 12.2. The van der Waals surface area contributed by atoms with Crippen LogP contribution in [-0.2, 0) is 16.4 Å². The molecule has 158 valence electrons. The highest BCUT2D eigenvalue weighted by Gasteiger charge is 2.19. The van der Waals surface area contributed by atoms with Gasteiger partial charge in [-0.2, -0.15) is 0 Å². The first-order chi connectivity index (χ1) is 14.0. The predicted octanol–water partition coefficient (Wildman–Crippen LogP) is 5.00. The number of nitrogens with one attached hydrogen (secondary N) is 1. The Bertz CT molecular complexity index is 1200. The molecule has 0 aliphatic carbocycles. The highest BCUT2D eigenvalue weighted by atomic mass is 35.5. The zero-order valence-electron chi connectivity index (χ0n) is 16.5. The molecule has 30 heavy (non-hydrogen) atoms. The number of amides is 1. The second-order valence-corrected chi connectivity index (χ2v) is 9.46. The molecule has 0 aliphatic heterocycles. The Morgan fingerprint density at radius 1 is 1.03 bits per heavy atom. The van der Waals surface area contributed by atoms with Crippen LogP contribution in [0, 0.1) is 20.8 Å². The number of anilines is 1. The molecule has 9 heteroatoms. The first-order valence-electron chi connectivity index (χ1n) is 8.94. The van der Waals surface area contributed by atoms with Gasteiger partial charge in [-0.15, -0.1) is 0 Å². The fraction of sp³-hybridized carbons (Fsp3) is 0.190. The summed E-state index contributed by atoms with van der Waals surface area (Å²) in [7, 11) is -3.98. The van der Waals surface area contributed by atoms with Gasteiger partial charge in [-0.25, -0.2) is 13.6 Å². The first kappa shape index (κ1) is 22.4. The molecule has 0 saturated carbocycles. The van der Waals surface area contributed by atoms with E-state index >= 15 is 0 Å². The highest BCUT2D eigenvalue weighted by molar-refractivity contribution is 7.89. The second-order valence-electron chi connectivity index (χ2n) is 7.08. The van der Waals surface area contributed by atoms with Gasteiger partial charge in [0.15, 0.2) is 5.76 Å². The first-order valence-corrected chi connectivity index (χ1v) is 11.2. The number of aryl methyl sites for hydroxylation is 3. The second kappa shape index (κ2) is 8.43. The minimum Gasteiger partial charge on any atom is -0.456 e. The third-order valence-corrected chi connectivity index (χ3v) is 6.15.